The molecule has 0 saturated heterocycles. The van der Waals surface area contributed by atoms with Gasteiger partial charge in [0, 0.05) is 12.5 Å². The van der Waals surface area contributed by atoms with Crippen LogP contribution in [0.4, 0.5) is 0 Å². The van der Waals surface area contributed by atoms with Gasteiger partial charge in [-0.2, -0.15) is 0 Å². The molecule has 0 aliphatic heterocycles. The lowest BCUT2D eigenvalue weighted by Crippen LogP contribution is -2.30. The molecule has 0 heterocycles. The second-order valence-corrected chi connectivity index (χ2v) is 4.30. The molecule has 1 rings (SSSR count). The summed E-state index contributed by atoms with van der Waals surface area (Å²) in [6.07, 6.45) is 9.36. The standard InChI is InChI=1S/C16H23NO/c1-3-5-7-10-15(17-4-2)13-14-18-16-11-8-6-9-12-16/h1,6,8-9,11-12,15,17H,4-5,7,10,13-14H2,2H3. The first kappa shape index (κ1) is 14.6. The third kappa shape index (κ3) is 6.32. The van der Waals surface area contributed by atoms with Crippen molar-refractivity contribution in [3.8, 4) is 18.1 Å². The van der Waals surface area contributed by atoms with Gasteiger partial charge < -0.3 is 10.1 Å². The molecule has 1 atom stereocenters. The van der Waals surface area contributed by atoms with Crippen molar-refractivity contribution in [3.63, 3.8) is 0 Å². The minimum atomic E-state index is 0.507. The van der Waals surface area contributed by atoms with E-state index in [0.29, 0.717) is 6.04 Å². The van der Waals surface area contributed by atoms with Crippen molar-refractivity contribution in [1.29, 1.82) is 0 Å². The van der Waals surface area contributed by atoms with Crippen LogP contribution in [0.15, 0.2) is 30.3 Å². The summed E-state index contributed by atoms with van der Waals surface area (Å²) in [6.45, 7) is 3.87. The first-order valence-corrected chi connectivity index (χ1v) is 6.71. The topological polar surface area (TPSA) is 21.3 Å². The molecule has 2 heteroatoms. The Balaban J connectivity index is 2.22. The van der Waals surface area contributed by atoms with Crippen LogP contribution in [0, 0.1) is 12.3 Å². The highest BCUT2D eigenvalue weighted by atomic mass is 16.5. The van der Waals surface area contributed by atoms with E-state index in [2.05, 4.69) is 18.2 Å². The quantitative estimate of drug-likeness (QED) is 0.533. The van der Waals surface area contributed by atoms with E-state index < -0.39 is 0 Å². The molecule has 0 fully saturated rings. The van der Waals surface area contributed by atoms with E-state index in [-0.39, 0.29) is 0 Å². The second-order valence-electron chi connectivity index (χ2n) is 4.30. The zero-order valence-corrected chi connectivity index (χ0v) is 11.2. The molecule has 1 unspecified atom stereocenters. The fraction of sp³-hybridized carbons (Fsp3) is 0.500. The molecular weight excluding hydrogens is 222 g/mol. The average Bonchev–Trinajstić information content (AvgIpc) is 2.40. The van der Waals surface area contributed by atoms with Crippen LogP contribution in [0.2, 0.25) is 0 Å². The lowest BCUT2D eigenvalue weighted by Gasteiger charge is -2.17. The summed E-state index contributed by atoms with van der Waals surface area (Å²) in [5, 5.41) is 3.48. The third-order valence-electron chi connectivity index (χ3n) is 2.84. The van der Waals surface area contributed by atoms with Crippen LogP contribution in [0.5, 0.6) is 5.75 Å². The molecule has 18 heavy (non-hydrogen) atoms. The number of rotatable bonds is 9. The third-order valence-corrected chi connectivity index (χ3v) is 2.84. The predicted molar refractivity (Wildman–Crippen MR) is 76.7 cm³/mol. The number of unbranched alkanes of at least 4 members (excludes halogenated alkanes) is 1. The Labute approximate surface area is 111 Å². The number of terminal acetylenes is 1. The maximum absolute atomic E-state index is 5.71. The smallest absolute Gasteiger partial charge is 0.119 e. The van der Waals surface area contributed by atoms with Gasteiger partial charge in [0.05, 0.1) is 6.61 Å². The number of hydrogen-bond donors (Lipinski definition) is 1. The zero-order valence-electron chi connectivity index (χ0n) is 11.2. The van der Waals surface area contributed by atoms with E-state index in [0.717, 1.165) is 44.6 Å². The molecule has 2 nitrogen and oxygen atoms in total. The summed E-state index contributed by atoms with van der Waals surface area (Å²) < 4.78 is 5.71. The lowest BCUT2D eigenvalue weighted by atomic mass is 10.1. The highest BCUT2D eigenvalue weighted by Gasteiger charge is 2.06. The molecular formula is C16H23NO. The number of nitrogens with one attached hydrogen (secondary N) is 1. The first-order chi connectivity index (χ1) is 8.86. The predicted octanol–water partition coefficient (Wildman–Crippen LogP) is 3.24. The number of hydrogen-bond acceptors (Lipinski definition) is 2. The first-order valence-electron chi connectivity index (χ1n) is 6.71. The van der Waals surface area contributed by atoms with E-state index >= 15 is 0 Å². The van der Waals surface area contributed by atoms with Crippen LogP contribution in [0.3, 0.4) is 0 Å². The van der Waals surface area contributed by atoms with Crippen molar-refractivity contribution in [3.05, 3.63) is 30.3 Å². The Kier molecular flexibility index (Phi) is 7.75. The summed E-state index contributed by atoms with van der Waals surface area (Å²) in [5.41, 5.74) is 0. The molecule has 0 radical (unpaired) electrons. The highest BCUT2D eigenvalue weighted by Crippen LogP contribution is 2.10. The number of para-hydroxylation sites is 1. The van der Waals surface area contributed by atoms with Crippen molar-refractivity contribution in [2.24, 2.45) is 0 Å². The van der Waals surface area contributed by atoms with Gasteiger partial charge in [-0.15, -0.1) is 12.3 Å². The van der Waals surface area contributed by atoms with Crippen LogP contribution < -0.4 is 10.1 Å². The van der Waals surface area contributed by atoms with E-state index in [1.165, 1.54) is 0 Å². The fourth-order valence-electron chi connectivity index (χ4n) is 1.92. The van der Waals surface area contributed by atoms with Crippen LogP contribution in [-0.2, 0) is 0 Å². The van der Waals surface area contributed by atoms with Crippen LogP contribution >= 0.6 is 0 Å². The molecule has 0 amide bonds. The minimum Gasteiger partial charge on any atom is -0.494 e. The van der Waals surface area contributed by atoms with Crippen molar-refractivity contribution in [2.45, 2.75) is 38.6 Å². The monoisotopic (exact) mass is 245 g/mol. The van der Waals surface area contributed by atoms with Gasteiger partial charge in [-0.3, -0.25) is 0 Å². The van der Waals surface area contributed by atoms with Crippen molar-refractivity contribution in [1.82, 2.24) is 5.32 Å². The summed E-state index contributed by atoms with van der Waals surface area (Å²) >= 11 is 0. The summed E-state index contributed by atoms with van der Waals surface area (Å²) in [6, 6.07) is 10.5. The zero-order chi connectivity index (χ0) is 13.1. The van der Waals surface area contributed by atoms with Crippen molar-refractivity contribution < 1.29 is 4.74 Å². The van der Waals surface area contributed by atoms with Gasteiger partial charge in [-0.05, 0) is 37.9 Å². The van der Waals surface area contributed by atoms with Gasteiger partial charge in [0.2, 0.25) is 0 Å². The summed E-state index contributed by atoms with van der Waals surface area (Å²) in [5.74, 6) is 3.63. The summed E-state index contributed by atoms with van der Waals surface area (Å²) in [4.78, 5) is 0. The fourth-order valence-corrected chi connectivity index (χ4v) is 1.92. The molecule has 0 bridgehead atoms. The van der Waals surface area contributed by atoms with E-state index in [4.69, 9.17) is 11.2 Å². The molecule has 1 aromatic carbocycles. The van der Waals surface area contributed by atoms with E-state index in [1.54, 1.807) is 0 Å². The Morgan fingerprint density at radius 3 is 2.72 bits per heavy atom. The lowest BCUT2D eigenvalue weighted by molar-refractivity contribution is 0.280. The Morgan fingerprint density at radius 1 is 1.28 bits per heavy atom. The average molecular weight is 245 g/mol. The maximum atomic E-state index is 5.71. The number of benzene rings is 1. The van der Waals surface area contributed by atoms with Crippen molar-refractivity contribution in [2.75, 3.05) is 13.2 Å². The van der Waals surface area contributed by atoms with Gasteiger partial charge in [0.15, 0.2) is 0 Å². The Morgan fingerprint density at radius 2 is 2.06 bits per heavy atom. The van der Waals surface area contributed by atoms with Crippen molar-refractivity contribution >= 4 is 0 Å². The maximum Gasteiger partial charge on any atom is 0.119 e. The minimum absolute atomic E-state index is 0.507. The molecule has 0 aromatic heterocycles. The number of ether oxygens (including phenoxy) is 1. The molecule has 0 aliphatic carbocycles. The normalized spacial score (nSPS) is 11.8. The molecule has 0 spiro atoms. The summed E-state index contributed by atoms with van der Waals surface area (Å²) in [7, 11) is 0. The van der Waals surface area contributed by atoms with Gasteiger partial charge >= 0.3 is 0 Å². The molecule has 1 aromatic rings. The van der Waals surface area contributed by atoms with Gasteiger partial charge in [-0.25, -0.2) is 0 Å². The highest BCUT2D eigenvalue weighted by molar-refractivity contribution is 5.20. The largest absolute Gasteiger partial charge is 0.494 e. The molecule has 0 aliphatic rings. The van der Waals surface area contributed by atoms with Crippen LogP contribution in [0.25, 0.3) is 0 Å². The van der Waals surface area contributed by atoms with Gasteiger partial charge in [0.25, 0.3) is 0 Å². The SMILES string of the molecule is C#CCCCC(CCOc1ccccc1)NCC. The van der Waals surface area contributed by atoms with Gasteiger partial charge in [-0.1, -0.05) is 25.1 Å². The Hall–Kier alpha value is -1.46. The van der Waals surface area contributed by atoms with E-state index in [1.807, 2.05) is 30.3 Å². The molecule has 98 valence electrons. The molecule has 0 saturated carbocycles. The van der Waals surface area contributed by atoms with Gasteiger partial charge in [0.1, 0.15) is 5.75 Å². The van der Waals surface area contributed by atoms with Crippen LogP contribution in [0.1, 0.15) is 32.6 Å². The Bertz CT molecular complexity index is 342. The molecule has 1 N–H and O–H groups in total. The second kappa shape index (κ2) is 9.56. The van der Waals surface area contributed by atoms with Crippen LogP contribution in [-0.4, -0.2) is 19.2 Å². The van der Waals surface area contributed by atoms with E-state index in [9.17, 15) is 0 Å².